The van der Waals surface area contributed by atoms with Gasteiger partial charge < -0.3 is 10.1 Å². The van der Waals surface area contributed by atoms with Crippen LogP contribution in [0.25, 0.3) is 0 Å². The van der Waals surface area contributed by atoms with E-state index in [9.17, 15) is 17.6 Å². The van der Waals surface area contributed by atoms with Crippen molar-refractivity contribution in [2.45, 2.75) is 18.7 Å². The fraction of sp³-hybridized carbons (Fsp3) is 0.278. The first-order chi connectivity index (χ1) is 12.3. The van der Waals surface area contributed by atoms with Gasteiger partial charge in [-0.3, -0.25) is 4.79 Å². The molecular weight excluding hydrogens is 359 g/mol. The van der Waals surface area contributed by atoms with Crippen LogP contribution >= 0.6 is 0 Å². The minimum Gasteiger partial charge on any atom is -0.495 e. The third-order valence-corrected chi connectivity index (χ3v) is 5.93. The largest absolute Gasteiger partial charge is 0.495 e. The minimum absolute atomic E-state index is 0.132. The first-order valence-corrected chi connectivity index (χ1v) is 9.53. The number of ether oxygens (including phenoxy) is 1. The summed E-state index contributed by atoms with van der Waals surface area (Å²) in [5, 5.41) is 2.54. The molecule has 0 heterocycles. The van der Waals surface area contributed by atoms with E-state index in [0.717, 1.165) is 18.2 Å². The first-order valence-electron chi connectivity index (χ1n) is 8.09. The van der Waals surface area contributed by atoms with E-state index in [1.54, 1.807) is 38.1 Å². The van der Waals surface area contributed by atoms with Gasteiger partial charge in [0, 0.05) is 13.1 Å². The number of amides is 1. The third-order valence-electron chi connectivity index (χ3n) is 3.88. The standard InChI is InChI=1S/C18H21FN2O4S/c1-4-21(5-2)26(23,24)13-10-11-15(19)14(12-13)18(22)20-16-8-6-7-9-17(16)25-3/h6-12H,4-5H2,1-3H3,(H,20,22). The van der Waals surface area contributed by atoms with Crippen molar-refractivity contribution in [1.29, 1.82) is 0 Å². The molecule has 1 amide bonds. The average molecular weight is 380 g/mol. The molecule has 0 spiro atoms. The van der Waals surface area contributed by atoms with E-state index < -0.39 is 21.7 Å². The van der Waals surface area contributed by atoms with Crippen LogP contribution in [0.15, 0.2) is 47.4 Å². The van der Waals surface area contributed by atoms with E-state index in [1.807, 2.05) is 0 Å². The molecule has 6 nitrogen and oxygen atoms in total. The second kappa shape index (κ2) is 8.29. The summed E-state index contributed by atoms with van der Waals surface area (Å²) >= 11 is 0. The molecule has 0 bridgehead atoms. The quantitative estimate of drug-likeness (QED) is 0.801. The molecule has 2 aromatic rings. The number of para-hydroxylation sites is 2. The van der Waals surface area contributed by atoms with Crippen LogP contribution in [0, 0.1) is 5.82 Å². The second-order valence-electron chi connectivity index (χ2n) is 5.39. The van der Waals surface area contributed by atoms with Crippen molar-refractivity contribution in [3.05, 3.63) is 53.8 Å². The van der Waals surface area contributed by atoms with E-state index in [2.05, 4.69) is 5.32 Å². The van der Waals surface area contributed by atoms with Crippen molar-refractivity contribution in [2.75, 3.05) is 25.5 Å². The van der Waals surface area contributed by atoms with Crippen molar-refractivity contribution < 1.29 is 22.3 Å². The highest BCUT2D eigenvalue weighted by molar-refractivity contribution is 7.89. The van der Waals surface area contributed by atoms with Crippen LogP contribution in [0.4, 0.5) is 10.1 Å². The zero-order chi connectivity index (χ0) is 19.3. The van der Waals surface area contributed by atoms with Crippen LogP contribution in [0.2, 0.25) is 0 Å². The van der Waals surface area contributed by atoms with E-state index in [-0.39, 0.29) is 23.5 Å². The van der Waals surface area contributed by atoms with Gasteiger partial charge in [0.25, 0.3) is 5.91 Å². The van der Waals surface area contributed by atoms with Gasteiger partial charge in [0.1, 0.15) is 11.6 Å². The molecule has 0 saturated carbocycles. The van der Waals surface area contributed by atoms with Gasteiger partial charge in [-0.25, -0.2) is 12.8 Å². The van der Waals surface area contributed by atoms with Crippen LogP contribution in [0.5, 0.6) is 5.75 Å². The molecule has 2 aromatic carbocycles. The molecule has 0 atom stereocenters. The molecule has 0 aromatic heterocycles. The number of nitrogens with one attached hydrogen (secondary N) is 1. The van der Waals surface area contributed by atoms with Gasteiger partial charge in [0.15, 0.2) is 0 Å². The lowest BCUT2D eigenvalue weighted by molar-refractivity contribution is 0.102. The highest BCUT2D eigenvalue weighted by atomic mass is 32.2. The van der Waals surface area contributed by atoms with E-state index in [4.69, 9.17) is 4.74 Å². The van der Waals surface area contributed by atoms with Crippen LogP contribution in [0.1, 0.15) is 24.2 Å². The third kappa shape index (κ3) is 4.03. The Labute approximate surface area is 152 Å². The number of nitrogens with zero attached hydrogens (tertiary/aromatic N) is 1. The van der Waals surface area contributed by atoms with Gasteiger partial charge in [-0.1, -0.05) is 26.0 Å². The summed E-state index contributed by atoms with van der Waals surface area (Å²) in [6.07, 6.45) is 0. The molecule has 26 heavy (non-hydrogen) atoms. The number of hydrogen-bond acceptors (Lipinski definition) is 4. The fourth-order valence-electron chi connectivity index (χ4n) is 2.49. The zero-order valence-electron chi connectivity index (χ0n) is 14.8. The number of methoxy groups -OCH3 is 1. The molecule has 0 fully saturated rings. The van der Waals surface area contributed by atoms with Gasteiger partial charge in [0.2, 0.25) is 10.0 Å². The molecule has 0 aliphatic carbocycles. The smallest absolute Gasteiger partial charge is 0.258 e. The predicted molar refractivity (Wildman–Crippen MR) is 97.5 cm³/mol. The molecule has 0 unspecified atom stereocenters. The van der Waals surface area contributed by atoms with Crippen molar-refractivity contribution in [3.8, 4) is 5.75 Å². The molecule has 2 rings (SSSR count). The highest BCUT2D eigenvalue weighted by Crippen LogP contribution is 2.25. The Balaban J connectivity index is 2.39. The van der Waals surface area contributed by atoms with Crippen LogP contribution in [-0.4, -0.2) is 38.8 Å². The fourth-order valence-corrected chi connectivity index (χ4v) is 3.97. The Morgan fingerprint density at radius 3 is 2.42 bits per heavy atom. The average Bonchev–Trinajstić information content (AvgIpc) is 2.63. The number of carbonyl (C=O) groups excluding carboxylic acids is 1. The molecule has 140 valence electrons. The number of carbonyl (C=O) groups is 1. The van der Waals surface area contributed by atoms with Crippen LogP contribution in [0.3, 0.4) is 0 Å². The monoisotopic (exact) mass is 380 g/mol. The number of benzene rings is 2. The minimum atomic E-state index is -3.80. The van der Waals surface area contributed by atoms with Gasteiger partial charge in [0.05, 0.1) is 23.3 Å². The van der Waals surface area contributed by atoms with E-state index in [1.165, 1.54) is 11.4 Å². The summed E-state index contributed by atoms with van der Waals surface area (Å²) in [4.78, 5) is 12.3. The number of anilines is 1. The molecule has 0 saturated heterocycles. The molecule has 0 radical (unpaired) electrons. The topological polar surface area (TPSA) is 75.7 Å². The lowest BCUT2D eigenvalue weighted by Gasteiger charge is -2.19. The van der Waals surface area contributed by atoms with Crippen molar-refractivity contribution in [1.82, 2.24) is 4.31 Å². The van der Waals surface area contributed by atoms with E-state index >= 15 is 0 Å². The van der Waals surface area contributed by atoms with Gasteiger partial charge >= 0.3 is 0 Å². The number of rotatable bonds is 7. The lowest BCUT2D eigenvalue weighted by Crippen LogP contribution is -2.31. The van der Waals surface area contributed by atoms with Crippen LogP contribution in [-0.2, 0) is 10.0 Å². The van der Waals surface area contributed by atoms with Gasteiger partial charge in [-0.15, -0.1) is 0 Å². The summed E-state index contributed by atoms with van der Waals surface area (Å²) in [6, 6.07) is 9.85. The Morgan fingerprint density at radius 1 is 1.15 bits per heavy atom. The normalized spacial score (nSPS) is 11.4. The molecule has 0 aliphatic heterocycles. The first kappa shape index (κ1) is 19.9. The molecule has 8 heteroatoms. The van der Waals surface area contributed by atoms with Gasteiger partial charge in [-0.2, -0.15) is 4.31 Å². The molecular formula is C18H21FN2O4S. The maximum atomic E-state index is 14.2. The zero-order valence-corrected chi connectivity index (χ0v) is 15.6. The Morgan fingerprint density at radius 2 is 1.81 bits per heavy atom. The number of halogens is 1. The molecule has 1 N–H and O–H groups in total. The number of sulfonamides is 1. The van der Waals surface area contributed by atoms with Crippen molar-refractivity contribution >= 4 is 21.6 Å². The summed E-state index contributed by atoms with van der Waals surface area (Å²) in [7, 11) is -2.35. The Hall–Kier alpha value is -2.45. The SMILES string of the molecule is CCN(CC)S(=O)(=O)c1ccc(F)c(C(=O)Nc2ccccc2OC)c1. The maximum absolute atomic E-state index is 14.2. The summed E-state index contributed by atoms with van der Waals surface area (Å²) in [5.41, 5.74) is 0.000500. The summed E-state index contributed by atoms with van der Waals surface area (Å²) in [6.45, 7) is 3.97. The van der Waals surface area contributed by atoms with Crippen molar-refractivity contribution in [2.24, 2.45) is 0 Å². The summed E-state index contributed by atoms with van der Waals surface area (Å²) < 4.78 is 45.7. The molecule has 0 aliphatic rings. The number of hydrogen-bond donors (Lipinski definition) is 1. The second-order valence-corrected chi connectivity index (χ2v) is 7.32. The highest BCUT2D eigenvalue weighted by Gasteiger charge is 2.24. The Bertz CT molecular complexity index is 896. The lowest BCUT2D eigenvalue weighted by atomic mass is 10.2. The Kier molecular flexibility index (Phi) is 6.33. The van der Waals surface area contributed by atoms with Crippen molar-refractivity contribution in [3.63, 3.8) is 0 Å². The maximum Gasteiger partial charge on any atom is 0.258 e. The van der Waals surface area contributed by atoms with Crippen LogP contribution < -0.4 is 10.1 Å². The van der Waals surface area contributed by atoms with E-state index in [0.29, 0.717) is 11.4 Å². The van der Waals surface area contributed by atoms with Gasteiger partial charge in [-0.05, 0) is 30.3 Å². The summed E-state index contributed by atoms with van der Waals surface area (Å²) in [5.74, 6) is -1.16. The predicted octanol–water partition coefficient (Wildman–Crippen LogP) is 3.12.